The quantitative estimate of drug-likeness (QED) is 0.890. The minimum atomic E-state index is 0.159. The van der Waals surface area contributed by atoms with Gasteiger partial charge in [0, 0.05) is 30.2 Å². The third-order valence-electron chi connectivity index (χ3n) is 3.27. The lowest BCUT2D eigenvalue weighted by Gasteiger charge is -2.30. The number of rotatable bonds is 4. The molecule has 1 saturated heterocycles. The monoisotopic (exact) mass is 255 g/mol. The van der Waals surface area contributed by atoms with Crippen LogP contribution in [0.15, 0.2) is 6.20 Å². The summed E-state index contributed by atoms with van der Waals surface area (Å²) < 4.78 is 5.81. The van der Waals surface area contributed by atoms with Gasteiger partial charge in [-0.1, -0.05) is 6.92 Å². The van der Waals surface area contributed by atoms with Crippen LogP contribution in [-0.4, -0.2) is 43.2 Å². The summed E-state index contributed by atoms with van der Waals surface area (Å²) in [6.45, 7) is 8.26. The molecule has 0 aromatic carbocycles. The summed E-state index contributed by atoms with van der Waals surface area (Å²) in [4.78, 5) is 8.20. The molecule has 1 aromatic heterocycles. The van der Waals surface area contributed by atoms with E-state index in [1.807, 2.05) is 13.2 Å². The second kappa shape index (κ2) is 5.91. The van der Waals surface area contributed by atoms with E-state index in [4.69, 9.17) is 4.74 Å². The molecule has 17 heavy (non-hydrogen) atoms. The fourth-order valence-electron chi connectivity index (χ4n) is 1.93. The van der Waals surface area contributed by atoms with Crippen LogP contribution in [0.1, 0.15) is 35.9 Å². The lowest BCUT2D eigenvalue weighted by molar-refractivity contribution is -0.0282. The predicted octanol–water partition coefficient (Wildman–Crippen LogP) is 1.82. The second-order valence-electron chi connectivity index (χ2n) is 4.36. The highest BCUT2D eigenvalue weighted by Gasteiger charge is 2.24. The molecular formula is C12H21N3OS. The van der Waals surface area contributed by atoms with Gasteiger partial charge in [0.25, 0.3) is 0 Å². The number of hydrogen-bond acceptors (Lipinski definition) is 5. The molecule has 1 aromatic rings. The number of ether oxygens (including phenoxy) is 1. The van der Waals surface area contributed by atoms with Crippen LogP contribution in [0.4, 0.5) is 0 Å². The molecule has 5 heteroatoms. The first-order valence-electron chi connectivity index (χ1n) is 6.21. The second-order valence-corrected chi connectivity index (χ2v) is 5.46. The third kappa shape index (κ3) is 3.04. The van der Waals surface area contributed by atoms with Crippen molar-refractivity contribution in [1.82, 2.24) is 15.2 Å². The Morgan fingerprint density at radius 3 is 3.24 bits per heavy atom. The molecule has 0 bridgehead atoms. The van der Waals surface area contributed by atoms with E-state index in [2.05, 4.69) is 29.0 Å². The molecule has 96 valence electrons. The first kappa shape index (κ1) is 13.0. The highest BCUT2D eigenvalue weighted by molar-refractivity contribution is 7.11. The van der Waals surface area contributed by atoms with Crippen LogP contribution in [0.5, 0.6) is 0 Å². The van der Waals surface area contributed by atoms with Crippen molar-refractivity contribution in [2.24, 2.45) is 0 Å². The first-order valence-corrected chi connectivity index (χ1v) is 7.03. The maximum Gasteiger partial charge on any atom is 0.123 e. The Morgan fingerprint density at radius 1 is 1.71 bits per heavy atom. The Labute approximate surface area is 107 Å². The minimum Gasteiger partial charge on any atom is -0.368 e. The molecule has 2 atom stereocenters. The van der Waals surface area contributed by atoms with E-state index in [0.717, 1.165) is 31.2 Å². The Hall–Kier alpha value is -0.490. The topological polar surface area (TPSA) is 37.4 Å². The molecule has 1 aliphatic heterocycles. The van der Waals surface area contributed by atoms with Gasteiger partial charge in [-0.3, -0.25) is 4.90 Å². The predicted molar refractivity (Wildman–Crippen MR) is 70.4 cm³/mol. The van der Waals surface area contributed by atoms with Crippen LogP contribution in [0.25, 0.3) is 0 Å². The highest BCUT2D eigenvalue weighted by atomic mass is 32.1. The van der Waals surface area contributed by atoms with Gasteiger partial charge in [0.1, 0.15) is 11.1 Å². The number of aromatic nitrogens is 1. The van der Waals surface area contributed by atoms with Crippen molar-refractivity contribution >= 4 is 11.3 Å². The molecule has 2 unspecified atom stereocenters. The Morgan fingerprint density at radius 2 is 2.53 bits per heavy atom. The van der Waals surface area contributed by atoms with Crippen molar-refractivity contribution in [2.45, 2.75) is 26.0 Å². The van der Waals surface area contributed by atoms with E-state index >= 15 is 0 Å². The van der Waals surface area contributed by atoms with Gasteiger partial charge in [-0.15, -0.1) is 11.3 Å². The molecule has 0 spiro atoms. The van der Waals surface area contributed by atoms with Gasteiger partial charge in [-0.25, -0.2) is 4.98 Å². The van der Waals surface area contributed by atoms with Crippen LogP contribution >= 0.6 is 11.3 Å². The summed E-state index contributed by atoms with van der Waals surface area (Å²) in [7, 11) is 1.97. The van der Waals surface area contributed by atoms with E-state index in [-0.39, 0.29) is 6.10 Å². The maximum atomic E-state index is 5.81. The lowest BCUT2D eigenvalue weighted by atomic mass is 10.3. The van der Waals surface area contributed by atoms with Crippen molar-refractivity contribution in [1.29, 1.82) is 0 Å². The first-order chi connectivity index (χ1) is 8.24. The molecule has 0 aliphatic carbocycles. The van der Waals surface area contributed by atoms with Gasteiger partial charge in [0.05, 0.1) is 6.61 Å². The zero-order valence-electron chi connectivity index (χ0n) is 10.8. The molecule has 4 nitrogen and oxygen atoms in total. The third-order valence-corrected chi connectivity index (χ3v) is 4.55. The summed E-state index contributed by atoms with van der Waals surface area (Å²) in [6, 6.07) is 0.368. The highest BCUT2D eigenvalue weighted by Crippen LogP contribution is 2.28. The summed E-state index contributed by atoms with van der Waals surface area (Å²) in [5.41, 5.74) is 0. The zero-order chi connectivity index (χ0) is 12.3. The van der Waals surface area contributed by atoms with Crippen molar-refractivity contribution in [2.75, 3.05) is 33.3 Å². The van der Waals surface area contributed by atoms with Crippen molar-refractivity contribution in [3.63, 3.8) is 0 Å². The van der Waals surface area contributed by atoms with Gasteiger partial charge in [0.15, 0.2) is 0 Å². The number of likely N-dealkylation sites (N-methyl/N-ethyl adjacent to an activating group) is 1. The summed E-state index contributed by atoms with van der Waals surface area (Å²) in [5.74, 6) is 0. The van der Waals surface area contributed by atoms with Crippen LogP contribution in [0.2, 0.25) is 0 Å². The average molecular weight is 255 g/mol. The van der Waals surface area contributed by atoms with Crippen molar-refractivity contribution in [3.8, 4) is 0 Å². The van der Waals surface area contributed by atoms with Gasteiger partial charge >= 0.3 is 0 Å². The normalized spacial score (nSPS) is 23.8. The Bertz CT molecular complexity index is 355. The smallest absolute Gasteiger partial charge is 0.123 e. The standard InChI is InChI=1S/C12H21N3OS/c1-4-15-5-6-16-10(8-15)12-14-7-11(17-12)9(2)13-3/h7,9-10,13H,4-6,8H2,1-3H3. The van der Waals surface area contributed by atoms with E-state index in [1.165, 1.54) is 4.88 Å². The zero-order valence-corrected chi connectivity index (χ0v) is 11.6. The summed E-state index contributed by atoms with van der Waals surface area (Å²) in [5, 5.41) is 4.35. The fourth-order valence-corrected chi connectivity index (χ4v) is 2.95. The maximum absolute atomic E-state index is 5.81. The molecule has 0 amide bonds. The van der Waals surface area contributed by atoms with Crippen LogP contribution in [-0.2, 0) is 4.74 Å². The molecule has 0 saturated carbocycles. The molecule has 2 heterocycles. The number of morpholine rings is 1. The Kier molecular flexibility index (Phi) is 4.50. The average Bonchev–Trinajstić information content (AvgIpc) is 2.87. The van der Waals surface area contributed by atoms with Gasteiger partial charge in [0.2, 0.25) is 0 Å². The molecular weight excluding hydrogens is 234 g/mol. The Balaban J connectivity index is 2.04. The molecule has 1 N–H and O–H groups in total. The van der Waals surface area contributed by atoms with Crippen LogP contribution in [0, 0.1) is 0 Å². The minimum absolute atomic E-state index is 0.159. The van der Waals surface area contributed by atoms with E-state index < -0.39 is 0 Å². The molecule has 0 radical (unpaired) electrons. The van der Waals surface area contributed by atoms with E-state index in [1.54, 1.807) is 11.3 Å². The SMILES string of the molecule is CCN1CCOC(c2ncc(C(C)NC)s2)C1. The van der Waals surface area contributed by atoms with Gasteiger partial charge < -0.3 is 10.1 Å². The molecule has 1 fully saturated rings. The molecule has 1 aliphatic rings. The van der Waals surface area contributed by atoms with Gasteiger partial charge in [-0.2, -0.15) is 0 Å². The van der Waals surface area contributed by atoms with Crippen LogP contribution in [0.3, 0.4) is 0 Å². The van der Waals surface area contributed by atoms with E-state index in [0.29, 0.717) is 6.04 Å². The van der Waals surface area contributed by atoms with Crippen molar-refractivity contribution in [3.05, 3.63) is 16.1 Å². The fraction of sp³-hybridized carbons (Fsp3) is 0.750. The molecule has 2 rings (SSSR count). The number of thiazole rings is 1. The van der Waals surface area contributed by atoms with E-state index in [9.17, 15) is 0 Å². The number of hydrogen-bond donors (Lipinski definition) is 1. The number of nitrogens with one attached hydrogen (secondary N) is 1. The number of nitrogens with zero attached hydrogens (tertiary/aromatic N) is 2. The summed E-state index contributed by atoms with van der Waals surface area (Å²) in [6.07, 6.45) is 2.13. The van der Waals surface area contributed by atoms with Crippen LogP contribution < -0.4 is 5.32 Å². The van der Waals surface area contributed by atoms with Crippen molar-refractivity contribution < 1.29 is 4.74 Å². The summed E-state index contributed by atoms with van der Waals surface area (Å²) >= 11 is 1.76. The van der Waals surface area contributed by atoms with Gasteiger partial charge in [-0.05, 0) is 20.5 Å². The lowest BCUT2D eigenvalue weighted by Crippen LogP contribution is -2.37. The largest absolute Gasteiger partial charge is 0.368 e.